The van der Waals surface area contributed by atoms with Crippen LogP contribution in [0.5, 0.6) is 0 Å². The third-order valence-corrected chi connectivity index (χ3v) is 4.08. The van der Waals surface area contributed by atoms with E-state index in [9.17, 15) is 4.79 Å². The van der Waals surface area contributed by atoms with E-state index in [0.29, 0.717) is 5.56 Å². The van der Waals surface area contributed by atoms with Crippen molar-refractivity contribution in [3.8, 4) is 0 Å². The number of nitrogens with one attached hydrogen (secondary N) is 2. The molecule has 2 N–H and O–H groups in total. The number of rotatable bonds is 3. The zero-order chi connectivity index (χ0) is 14.7. The molecule has 2 aromatic rings. The minimum Gasteiger partial charge on any atom is -0.388 e. The first-order chi connectivity index (χ1) is 10.3. The number of aryl methyl sites for hydroxylation is 1. The molecule has 3 heteroatoms. The van der Waals surface area contributed by atoms with Gasteiger partial charge in [-0.2, -0.15) is 0 Å². The molecule has 0 saturated heterocycles. The molecule has 3 nitrogen and oxygen atoms in total. The van der Waals surface area contributed by atoms with Crippen molar-refractivity contribution < 1.29 is 4.79 Å². The average molecular weight is 280 g/mol. The fourth-order valence-corrected chi connectivity index (χ4v) is 2.88. The van der Waals surface area contributed by atoms with Crippen LogP contribution in [-0.4, -0.2) is 13.0 Å². The molecule has 108 valence electrons. The number of benzene rings is 2. The summed E-state index contributed by atoms with van der Waals surface area (Å²) in [6.45, 7) is 0. The van der Waals surface area contributed by atoms with Gasteiger partial charge in [0.2, 0.25) is 0 Å². The van der Waals surface area contributed by atoms with Crippen LogP contribution in [-0.2, 0) is 12.8 Å². The van der Waals surface area contributed by atoms with Crippen molar-refractivity contribution in [3.63, 3.8) is 0 Å². The fraction of sp³-hybridized carbons (Fsp3) is 0.278. The van der Waals surface area contributed by atoms with Crippen LogP contribution in [0, 0.1) is 0 Å². The Kier molecular flexibility index (Phi) is 3.91. The van der Waals surface area contributed by atoms with Crippen molar-refractivity contribution >= 4 is 17.3 Å². The Morgan fingerprint density at radius 1 is 1.00 bits per heavy atom. The molecule has 2 aromatic carbocycles. The highest BCUT2D eigenvalue weighted by Gasteiger charge is 2.15. The Morgan fingerprint density at radius 2 is 1.76 bits per heavy atom. The number of carbonyl (C=O) groups is 1. The van der Waals surface area contributed by atoms with Crippen LogP contribution >= 0.6 is 0 Å². The minimum atomic E-state index is -0.0448. The van der Waals surface area contributed by atoms with Crippen molar-refractivity contribution in [2.45, 2.75) is 25.7 Å². The lowest BCUT2D eigenvalue weighted by molar-refractivity contribution is 0.102. The number of carbonyl (C=O) groups excluding carboxylic acids is 1. The monoisotopic (exact) mass is 280 g/mol. The maximum Gasteiger partial charge on any atom is 0.255 e. The standard InChI is InChI=1S/C18H20N2O/c1-19-15-11-9-14(10-12-15)18(21)20-17-8-4-6-13-5-2-3-7-16(13)17/h4,6,8-12,19H,2-3,5,7H2,1H3,(H,20,21). The van der Waals surface area contributed by atoms with E-state index in [2.05, 4.69) is 16.7 Å². The van der Waals surface area contributed by atoms with E-state index in [-0.39, 0.29) is 5.91 Å². The van der Waals surface area contributed by atoms with Gasteiger partial charge in [0.05, 0.1) is 0 Å². The summed E-state index contributed by atoms with van der Waals surface area (Å²) in [6.07, 6.45) is 4.63. The predicted molar refractivity (Wildman–Crippen MR) is 87.0 cm³/mol. The second-order valence-corrected chi connectivity index (χ2v) is 5.43. The first kappa shape index (κ1) is 13.7. The number of hydrogen-bond acceptors (Lipinski definition) is 2. The topological polar surface area (TPSA) is 41.1 Å². The predicted octanol–water partition coefficient (Wildman–Crippen LogP) is 3.86. The normalized spacial score (nSPS) is 13.4. The number of fused-ring (bicyclic) bond motifs is 1. The van der Waals surface area contributed by atoms with E-state index in [1.165, 1.54) is 24.0 Å². The average Bonchev–Trinajstić information content (AvgIpc) is 2.55. The Bertz CT molecular complexity index is 647. The molecule has 1 amide bonds. The summed E-state index contributed by atoms with van der Waals surface area (Å²) in [7, 11) is 1.87. The van der Waals surface area contributed by atoms with Gasteiger partial charge in [-0.1, -0.05) is 12.1 Å². The molecule has 0 saturated carbocycles. The van der Waals surface area contributed by atoms with Gasteiger partial charge in [-0.3, -0.25) is 4.79 Å². The lowest BCUT2D eigenvalue weighted by atomic mass is 9.90. The van der Waals surface area contributed by atoms with E-state index in [0.717, 1.165) is 24.2 Å². The van der Waals surface area contributed by atoms with Crippen LogP contribution in [0.25, 0.3) is 0 Å². The summed E-state index contributed by atoms with van der Waals surface area (Å²) < 4.78 is 0. The molecule has 21 heavy (non-hydrogen) atoms. The van der Waals surface area contributed by atoms with Crippen LogP contribution in [0.1, 0.15) is 34.3 Å². The van der Waals surface area contributed by atoms with Gasteiger partial charge in [0.1, 0.15) is 0 Å². The third kappa shape index (κ3) is 2.92. The van der Waals surface area contributed by atoms with Crippen LogP contribution < -0.4 is 10.6 Å². The molecule has 0 heterocycles. The molecular formula is C18H20N2O. The molecule has 0 radical (unpaired) electrons. The molecule has 1 aliphatic carbocycles. The highest BCUT2D eigenvalue weighted by Crippen LogP contribution is 2.28. The molecule has 0 unspecified atom stereocenters. The molecule has 1 aliphatic rings. The number of hydrogen-bond donors (Lipinski definition) is 2. The second kappa shape index (κ2) is 6.00. The third-order valence-electron chi connectivity index (χ3n) is 4.08. The van der Waals surface area contributed by atoms with Crippen molar-refractivity contribution in [1.29, 1.82) is 0 Å². The van der Waals surface area contributed by atoms with Crippen molar-refractivity contribution in [2.75, 3.05) is 17.7 Å². The van der Waals surface area contributed by atoms with Gasteiger partial charge in [-0.05, 0) is 67.1 Å². The first-order valence-electron chi connectivity index (χ1n) is 7.48. The maximum atomic E-state index is 12.4. The zero-order valence-corrected chi connectivity index (χ0v) is 12.3. The van der Waals surface area contributed by atoms with Gasteiger partial charge < -0.3 is 10.6 Å². The van der Waals surface area contributed by atoms with Gasteiger partial charge in [-0.15, -0.1) is 0 Å². The van der Waals surface area contributed by atoms with E-state index >= 15 is 0 Å². The Morgan fingerprint density at radius 3 is 2.52 bits per heavy atom. The van der Waals surface area contributed by atoms with Gasteiger partial charge in [-0.25, -0.2) is 0 Å². The smallest absolute Gasteiger partial charge is 0.255 e. The fourth-order valence-electron chi connectivity index (χ4n) is 2.88. The first-order valence-corrected chi connectivity index (χ1v) is 7.48. The molecule has 0 bridgehead atoms. The van der Waals surface area contributed by atoms with Gasteiger partial charge in [0.25, 0.3) is 5.91 Å². The van der Waals surface area contributed by atoms with E-state index < -0.39 is 0 Å². The van der Waals surface area contributed by atoms with Gasteiger partial charge >= 0.3 is 0 Å². The summed E-state index contributed by atoms with van der Waals surface area (Å²) >= 11 is 0. The Labute approximate surface area is 125 Å². The number of anilines is 2. The molecule has 3 rings (SSSR count). The van der Waals surface area contributed by atoms with Crippen LogP contribution in [0.2, 0.25) is 0 Å². The lowest BCUT2D eigenvalue weighted by Crippen LogP contribution is -2.15. The van der Waals surface area contributed by atoms with Crippen molar-refractivity contribution in [3.05, 3.63) is 59.2 Å². The summed E-state index contributed by atoms with van der Waals surface area (Å²) in [6, 6.07) is 13.7. The quantitative estimate of drug-likeness (QED) is 0.896. The van der Waals surface area contributed by atoms with Crippen molar-refractivity contribution in [1.82, 2.24) is 0 Å². The second-order valence-electron chi connectivity index (χ2n) is 5.43. The van der Waals surface area contributed by atoms with E-state index in [4.69, 9.17) is 0 Å². The zero-order valence-electron chi connectivity index (χ0n) is 12.3. The highest BCUT2D eigenvalue weighted by atomic mass is 16.1. The molecule has 0 atom stereocenters. The molecule has 0 fully saturated rings. The summed E-state index contributed by atoms with van der Waals surface area (Å²) in [5.41, 5.74) is 5.34. The van der Waals surface area contributed by atoms with Crippen LogP contribution in [0.15, 0.2) is 42.5 Å². The van der Waals surface area contributed by atoms with Crippen LogP contribution in [0.3, 0.4) is 0 Å². The Hall–Kier alpha value is -2.29. The van der Waals surface area contributed by atoms with Crippen LogP contribution in [0.4, 0.5) is 11.4 Å². The SMILES string of the molecule is CNc1ccc(C(=O)Nc2cccc3c2CCCC3)cc1. The maximum absolute atomic E-state index is 12.4. The minimum absolute atomic E-state index is 0.0448. The summed E-state index contributed by atoms with van der Waals surface area (Å²) in [5.74, 6) is -0.0448. The molecule has 0 aromatic heterocycles. The molecular weight excluding hydrogens is 260 g/mol. The van der Waals surface area contributed by atoms with Gasteiger partial charge in [0.15, 0.2) is 0 Å². The van der Waals surface area contributed by atoms with E-state index in [1.54, 1.807) is 0 Å². The summed E-state index contributed by atoms with van der Waals surface area (Å²) in [4.78, 5) is 12.4. The van der Waals surface area contributed by atoms with Gasteiger partial charge in [0, 0.05) is 24.0 Å². The number of amides is 1. The summed E-state index contributed by atoms with van der Waals surface area (Å²) in [5, 5.41) is 6.12. The lowest BCUT2D eigenvalue weighted by Gasteiger charge is -2.19. The van der Waals surface area contributed by atoms with E-state index in [1.807, 2.05) is 43.4 Å². The molecule has 0 aliphatic heterocycles. The molecule has 0 spiro atoms. The van der Waals surface area contributed by atoms with Crippen molar-refractivity contribution in [2.24, 2.45) is 0 Å². The largest absolute Gasteiger partial charge is 0.388 e. The highest BCUT2D eigenvalue weighted by molar-refractivity contribution is 6.04. The Balaban J connectivity index is 1.81.